The lowest BCUT2D eigenvalue weighted by Gasteiger charge is -2.23. The zero-order valence-corrected chi connectivity index (χ0v) is 22.2. The number of ether oxygens (including phenoxy) is 3. The number of methoxy groups -OCH3 is 1. The molecule has 1 aliphatic heterocycles. The summed E-state index contributed by atoms with van der Waals surface area (Å²) in [6.45, 7) is 0.793. The van der Waals surface area contributed by atoms with Crippen LogP contribution in [-0.2, 0) is 27.5 Å². The molecule has 0 aliphatic carbocycles. The van der Waals surface area contributed by atoms with E-state index < -0.39 is 9.84 Å². The van der Waals surface area contributed by atoms with Gasteiger partial charge in [0, 0.05) is 35.9 Å². The van der Waals surface area contributed by atoms with Crippen LogP contribution >= 0.6 is 11.6 Å². The van der Waals surface area contributed by atoms with Gasteiger partial charge in [-0.3, -0.25) is 4.79 Å². The smallest absolute Gasteiger partial charge is 0.204 e. The normalized spacial score (nSPS) is 12.8. The lowest BCUT2D eigenvalue weighted by atomic mass is 10.0. The largest absolute Gasteiger partial charge is 0.493 e. The van der Waals surface area contributed by atoms with E-state index in [4.69, 9.17) is 25.8 Å². The van der Waals surface area contributed by atoms with Crippen LogP contribution in [0.4, 0.5) is 11.5 Å². The van der Waals surface area contributed by atoms with Crippen molar-refractivity contribution < 1.29 is 27.4 Å². The Morgan fingerprint density at radius 3 is 2.58 bits per heavy atom. The van der Waals surface area contributed by atoms with Crippen LogP contribution in [0.3, 0.4) is 0 Å². The SMILES string of the molecule is COc1cc2ncnc(Nc3ccc(CC(=O)Cc4cccc(S(C)(=O)=O)c4)c(Cl)c3)c2c2c1OCCO2. The van der Waals surface area contributed by atoms with Gasteiger partial charge in [0.05, 0.1) is 22.9 Å². The van der Waals surface area contributed by atoms with Crippen LogP contribution in [-0.4, -0.2) is 50.7 Å². The minimum absolute atomic E-state index is 0.0854. The number of hydrogen-bond acceptors (Lipinski definition) is 9. The van der Waals surface area contributed by atoms with Crippen molar-refractivity contribution in [2.45, 2.75) is 17.7 Å². The summed E-state index contributed by atoms with van der Waals surface area (Å²) in [7, 11) is -1.79. The molecule has 0 atom stereocenters. The topological polar surface area (TPSA) is 117 Å². The highest BCUT2D eigenvalue weighted by Crippen LogP contribution is 2.46. The summed E-state index contributed by atoms with van der Waals surface area (Å²) in [5, 5.41) is 4.32. The zero-order chi connectivity index (χ0) is 26.9. The lowest BCUT2D eigenvalue weighted by Crippen LogP contribution is -2.16. The number of fused-ring (bicyclic) bond motifs is 3. The predicted molar refractivity (Wildman–Crippen MR) is 144 cm³/mol. The summed E-state index contributed by atoms with van der Waals surface area (Å²) in [6, 6.07) is 13.5. The number of anilines is 2. The number of sulfone groups is 1. The number of halogens is 1. The Labute approximate surface area is 224 Å². The van der Waals surface area contributed by atoms with Gasteiger partial charge >= 0.3 is 0 Å². The Morgan fingerprint density at radius 2 is 1.84 bits per heavy atom. The molecule has 3 aromatic carbocycles. The molecule has 4 aromatic rings. The van der Waals surface area contributed by atoms with E-state index >= 15 is 0 Å². The van der Waals surface area contributed by atoms with Crippen molar-refractivity contribution in [3.63, 3.8) is 0 Å². The highest BCUT2D eigenvalue weighted by atomic mass is 35.5. The van der Waals surface area contributed by atoms with Crippen molar-refractivity contribution in [2.24, 2.45) is 0 Å². The fraction of sp³-hybridized carbons (Fsp3) is 0.222. The molecule has 1 aromatic heterocycles. The van der Waals surface area contributed by atoms with Crippen LogP contribution in [0.25, 0.3) is 10.9 Å². The molecular weight excluding hydrogens is 530 g/mol. The minimum Gasteiger partial charge on any atom is -0.493 e. The number of carbonyl (C=O) groups is 1. The third kappa shape index (κ3) is 5.36. The first-order chi connectivity index (χ1) is 18.2. The predicted octanol–water partition coefficient (Wildman–Crippen LogP) is 4.56. The summed E-state index contributed by atoms with van der Waals surface area (Å²) >= 11 is 6.54. The van der Waals surface area contributed by atoms with Gasteiger partial charge in [-0.25, -0.2) is 18.4 Å². The molecule has 1 aliphatic rings. The molecule has 0 amide bonds. The standard InChI is InChI=1S/C27H24ClN3O6S/c1-35-23-14-22-24(26-25(23)36-8-9-37-26)27(30-15-29-22)31-18-7-6-17(21(28)13-18)12-19(32)10-16-4-3-5-20(11-16)38(2,33)34/h3-7,11,13-15H,8-10,12H2,1-2H3,(H,29,30,31). The first-order valence-corrected chi connectivity index (χ1v) is 14.0. The van der Waals surface area contributed by atoms with Crippen molar-refractivity contribution in [1.82, 2.24) is 9.97 Å². The average molecular weight is 554 g/mol. The number of benzene rings is 3. The van der Waals surface area contributed by atoms with E-state index in [1.54, 1.807) is 43.5 Å². The van der Waals surface area contributed by atoms with Gasteiger partial charge in [0.2, 0.25) is 5.75 Å². The molecule has 0 spiro atoms. The number of Topliss-reactive ketones (excluding diaryl/α,β-unsaturated/α-hetero) is 1. The first kappa shape index (κ1) is 25.7. The van der Waals surface area contributed by atoms with Gasteiger partial charge in [0.15, 0.2) is 21.3 Å². The number of hydrogen-bond donors (Lipinski definition) is 1. The molecule has 5 rings (SSSR count). The molecule has 0 saturated carbocycles. The van der Waals surface area contributed by atoms with Gasteiger partial charge in [-0.2, -0.15) is 0 Å². The summed E-state index contributed by atoms with van der Waals surface area (Å²) in [4.78, 5) is 21.7. The fourth-order valence-corrected chi connectivity index (χ4v) is 5.19. The third-order valence-electron chi connectivity index (χ3n) is 6.03. The maximum absolute atomic E-state index is 12.7. The second-order valence-electron chi connectivity index (χ2n) is 8.79. The molecular formula is C27H24ClN3O6S. The Kier molecular flexibility index (Phi) is 7.09. The van der Waals surface area contributed by atoms with Crippen molar-refractivity contribution in [1.29, 1.82) is 0 Å². The second kappa shape index (κ2) is 10.5. The number of nitrogens with one attached hydrogen (secondary N) is 1. The Morgan fingerprint density at radius 1 is 1.05 bits per heavy atom. The summed E-state index contributed by atoms with van der Waals surface area (Å²) < 4.78 is 40.7. The van der Waals surface area contributed by atoms with E-state index in [-0.39, 0.29) is 23.5 Å². The van der Waals surface area contributed by atoms with E-state index in [0.717, 1.165) is 6.26 Å². The summed E-state index contributed by atoms with van der Waals surface area (Å²) in [6.07, 6.45) is 2.79. The molecule has 1 N–H and O–H groups in total. The lowest BCUT2D eigenvalue weighted by molar-refractivity contribution is -0.117. The van der Waals surface area contributed by atoms with Crippen molar-refractivity contribution >= 4 is 49.6 Å². The number of aromatic nitrogens is 2. The molecule has 38 heavy (non-hydrogen) atoms. The quantitative estimate of drug-likeness (QED) is 0.335. The Balaban J connectivity index is 1.36. The van der Waals surface area contributed by atoms with E-state index in [0.29, 0.717) is 69.0 Å². The molecule has 0 unspecified atom stereocenters. The van der Waals surface area contributed by atoms with Gasteiger partial charge in [0.1, 0.15) is 31.1 Å². The van der Waals surface area contributed by atoms with E-state index in [1.165, 1.54) is 18.5 Å². The van der Waals surface area contributed by atoms with Crippen LogP contribution in [0.2, 0.25) is 5.02 Å². The second-order valence-corrected chi connectivity index (χ2v) is 11.2. The Hall–Kier alpha value is -3.89. The van der Waals surface area contributed by atoms with Crippen molar-refractivity contribution in [2.75, 3.05) is 31.9 Å². The maximum atomic E-state index is 12.7. The number of ketones is 1. The summed E-state index contributed by atoms with van der Waals surface area (Å²) in [5.74, 6) is 1.94. The zero-order valence-electron chi connectivity index (χ0n) is 20.7. The number of carbonyl (C=O) groups excluding carboxylic acids is 1. The number of rotatable bonds is 8. The molecule has 11 heteroatoms. The molecule has 9 nitrogen and oxygen atoms in total. The van der Waals surface area contributed by atoms with E-state index in [2.05, 4.69) is 15.3 Å². The molecule has 0 fully saturated rings. The van der Waals surface area contributed by atoms with Gasteiger partial charge in [-0.15, -0.1) is 0 Å². The highest BCUT2D eigenvalue weighted by molar-refractivity contribution is 7.90. The van der Waals surface area contributed by atoms with Gasteiger partial charge in [-0.1, -0.05) is 29.8 Å². The van der Waals surface area contributed by atoms with Gasteiger partial charge < -0.3 is 19.5 Å². The van der Waals surface area contributed by atoms with Crippen molar-refractivity contribution in [3.8, 4) is 17.2 Å². The maximum Gasteiger partial charge on any atom is 0.204 e. The minimum atomic E-state index is -3.35. The summed E-state index contributed by atoms with van der Waals surface area (Å²) in [5.41, 5.74) is 2.58. The van der Waals surface area contributed by atoms with E-state index in [9.17, 15) is 13.2 Å². The number of nitrogens with zero attached hydrogens (tertiary/aromatic N) is 2. The molecule has 196 valence electrons. The fourth-order valence-electron chi connectivity index (χ4n) is 4.25. The van der Waals surface area contributed by atoms with Crippen LogP contribution in [0, 0.1) is 0 Å². The highest BCUT2D eigenvalue weighted by Gasteiger charge is 2.24. The molecule has 0 radical (unpaired) electrons. The van der Waals surface area contributed by atoms with Gasteiger partial charge in [0.25, 0.3) is 0 Å². The molecule has 2 heterocycles. The van der Waals surface area contributed by atoms with Crippen LogP contribution in [0.15, 0.2) is 59.8 Å². The van der Waals surface area contributed by atoms with E-state index in [1.807, 2.05) is 0 Å². The first-order valence-electron chi connectivity index (χ1n) is 11.7. The van der Waals surface area contributed by atoms with Crippen molar-refractivity contribution in [3.05, 3.63) is 71.0 Å². The van der Waals surface area contributed by atoms with Crippen LogP contribution in [0.1, 0.15) is 11.1 Å². The molecule has 0 saturated heterocycles. The third-order valence-corrected chi connectivity index (χ3v) is 7.49. The Bertz CT molecular complexity index is 1660. The molecule has 0 bridgehead atoms. The van der Waals surface area contributed by atoms with Crippen LogP contribution < -0.4 is 19.5 Å². The van der Waals surface area contributed by atoms with Gasteiger partial charge in [-0.05, 0) is 35.4 Å². The monoisotopic (exact) mass is 553 g/mol. The average Bonchev–Trinajstić information content (AvgIpc) is 2.89. The van der Waals surface area contributed by atoms with Crippen LogP contribution in [0.5, 0.6) is 17.2 Å².